The Morgan fingerprint density at radius 1 is 1.69 bits per heavy atom. The molecule has 1 amide bonds. The number of aliphatic carboxylic acids is 1. The molecule has 7 heteroatoms. The molecule has 4 atom stereocenters. The topological polar surface area (TPSA) is 101 Å². The fraction of sp³-hybridized carbons (Fsp3) is 0.667. The zero-order chi connectivity index (χ0) is 9.75. The Kier molecular flexibility index (Phi) is 1.67. The molecule has 2 aliphatic heterocycles. The number of fused-ring (bicyclic) bond motifs is 1. The maximum Gasteiger partial charge on any atom is 0.327 e. The van der Waals surface area contributed by atoms with Gasteiger partial charge in [0.2, 0.25) is 5.91 Å². The average Bonchev–Trinajstić information content (AvgIpc) is 2.39. The van der Waals surface area contributed by atoms with Crippen LogP contribution in [0.3, 0.4) is 0 Å². The van der Waals surface area contributed by atoms with E-state index in [2.05, 4.69) is 0 Å². The number of β-lactam (4-membered cyclic amide) rings is 1. The van der Waals surface area contributed by atoms with E-state index in [-0.39, 0.29) is 5.75 Å². The molecule has 2 heterocycles. The molecule has 0 saturated carbocycles. The number of amides is 1. The van der Waals surface area contributed by atoms with Crippen molar-refractivity contribution in [2.75, 3.05) is 5.75 Å². The highest BCUT2D eigenvalue weighted by molar-refractivity contribution is 7.86. The van der Waals surface area contributed by atoms with Gasteiger partial charge in [0, 0.05) is 10.8 Å². The third-order valence-corrected chi connectivity index (χ3v) is 4.04. The summed E-state index contributed by atoms with van der Waals surface area (Å²) in [4.78, 5) is 22.8. The quantitative estimate of drug-likeness (QED) is 0.468. The van der Waals surface area contributed by atoms with Crippen LogP contribution in [0.25, 0.3) is 0 Å². The summed E-state index contributed by atoms with van der Waals surface area (Å²) >= 11 is 0. The molecule has 0 bridgehead atoms. The molecule has 13 heavy (non-hydrogen) atoms. The first-order chi connectivity index (χ1) is 6.04. The number of nitrogens with zero attached hydrogens (tertiary/aromatic N) is 1. The largest absolute Gasteiger partial charge is 0.480 e. The van der Waals surface area contributed by atoms with Gasteiger partial charge in [0.25, 0.3) is 0 Å². The number of carboxylic acids is 1. The molecule has 2 saturated heterocycles. The molecule has 0 radical (unpaired) electrons. The van der Waals surface area contributed by atoms with Crippen LogP contribution in [0, 0.1) is 0 Å². The summed E-state index contributed by atoms with van der Waals surface area (Å²) in [5.41, 5.74) is 5.38. The minimum absolute atomic E-state index is 0.000556. The van der Waals surface area contributed by atoms with Crippen LogP contribution in [0.4, 0.5) is 0 Å². The van der Waals surface area contributed by atoms with Crippen molar-refractivity contribution in [3.05, 3.63) is 0 Å². The molecule has 2 fully saturated rings. The molecule has 0 aliphatic carbocycles. The first kappa shape index (κ1) is 8.64. The first-order valence-electron chi connectivity index (χ1n) is 3.72. The predicted octanol–water partition coefficient (Wildman–Crippen LogP) is -2.30. The molecular formula is C6H8N2O4S. The van der Waals surface area contributed by atoms with Gasteiger partial charge in [0.15, 0.2) is 0 Å². The Bertz CT molecular complexity index is 316. The van der Waals surface area contributed by atoms with Crippen LogP contribution < -0.4 is 5.73 Å². The SMILES string of the molecule is N[C@@H]1C(=O)N2[C@@H](C(=O)O)C[S@@](=O)[C@H]12. The second-order valence-electron chi connectivity index (χ2n) is 3.06. The lowest BCUT2D eigenvalue weighted by atomic mass is 10.1. The van der Waals surface area contributed by atoms with Crippen LogP contribution in [0.1, 0.15) is 0 Å². The number of nitrogens with two attached hydrogens (primary N) is 1. The molecule has 72 valence electrons. The molecule has 2 rings (SSSR count). The fourth-order valence-electron chi connectivity index (χ4n) is 1.66. The van der Waals surface area contributed by atoms with E-state index in [1.165, 1.54) is 0 Å². The standard InChI is InChI=1S/C6H8N2O4S/c7-3-4(9)8-2(6(10)11)1-13(12)5(3)8/h2-3,5H,1,7H2,(H,10,11)/t2-,3-,5-,13-/m1/s1. The number of carbonyl (C=O) groups is 2. The van der Waals surface area contributed by atoms with E-state index in [1.807, 2.05) is 0 Å². The van der Waals surface area contributed by atoms with Crippen LogP contribution in [-0.4, -0.2) is 49.3 Å². The monoisotopic (exact) mass is 204 g/mol. The van der Waals surface area contributed by atoms with Crippen molar-refractivity contribution in [2.45, 2.75) is 17.5 Å². The van der Waals surface area contributed by atoms with E-state index in [4.69, 9.17) is 10.8 Å². The van der Waals surface area contributed by atoms with Gasteiger partial charge >= 0.3 is 5.97 Å². The molecule has 0 spiro atoms. The van der Waals surface area contributed by atoms with Crippen LogP contribution in [0.15, 0.2) is 0 Å². The molecule has 0 aromatic carbocycles. The molecule has 0 aromatic rings. The summed E-state index contributed by atoms with van der Waals surface area (Å²) in [6.45, 7) is 0. The molecule has 6 nitrogen and oxygen atoms in total. The van der Waals surface area contributed by atoms with Crippen molar-refractivity contribution in [1.29, 1.82) is 0 Å². The van der Waals surface area contributed by atoms with Crippen LogP contribution in [0.5, 0.6) is 0 Å². The number of rotatable bonds is 1. The number of hydrogen-bond acceptors (Lipinski definition) is 4. The summed E-state index contributed by atoms with van der Waals surface area (Å²) in [5, 5.41) is 8.11. The summed E-state index contributed by atoms with van der Waals surface area (Å²) < 4.78 is 11.3. The van der Waals surface area contributed by atoms with Gasteiger partial charge in [-0.05, 0) is 0 Å². The fourth-order valence-corrected chi connectivity index (χ4v) is 3.42. The summed E-state index contributed by atoms with van der Waals surface area (Å²) in [5.74, 6) is -1.53. The number of hydrogen-bond donors (Lipinski definition) is 2. The van der Waals surface area contributed by atoms with Crippen LogP contribution in [-0.2, 0) is 20.4 Å². The highest BCUT2D eigenvalue weighted by Crippen LogP contribution is 2.31. The predicted molar refractivity (Wildman–Crippen MR) is 43.0 cm³/mol. The van der Waals surface area contributed by atoms with Gasteiger partial charge in [-0.3, -0.25) is 9.00 Å². The van der Waals surface area contributed by atoms with Crippen LogP contribution in [0.2, 0.25) is 0 Å². The van der Waals surface area contributed by atoms with Gasteiger partial charge in [-0.15, -0.1) is 0 Å². The van der Waals surface area contributed by atoms with E-state index in [0.29, 0.717) is 0 Å². The van der Waals surface area contributed by atoms with E-state index in [9.17, 15) is 13.8 Å². The summed E-state index contributed by atoms with van der Waals surface area (Å²) in [6.07, 6.45) is 0. The Balaban J connectivity index is 2.27. The molecule has 0 aromatic heterocycles. The third-order valence-electron chi connectivity index (χ3n) is 2.33. The van der Waals surface area contributed by atoms with E-state index in [0.717, 1.165) is 4.90 Å². The summed E-state index contributed by atoms with van der Waals surface area (Å²) in [6, 6.07) is -1.72. The summed E-state index contributed by atoms with van der Waals surface area (Å²) in [7, 11) is -1.31. The zero-order valence-electron chi connectivity index (χ0n) is 6.54. The molecule has 3 N–H and O–H groups in total. The minimum atomic E-state index is -1.31. The van der Waals surface area contributed by atoms with Gasteiger partial charge in [-0.1, -0.05) is 0 Å². The smallest absolute Gasteiger partial charge is 0.327 e. The Morgan fingerprint density at radius 3 is 2.85 bits per heavy atom. The molecular weight excluding hydrogens is 196 g/mol. The van der Waals surface area contributed by atoms with Gasteiger partial charge < -0.3 is 15.7 Å². The van der Waals surface area contributed by atoms with Gasteiger partial charge in [-0.2, -0.15) is 0 Å². The second-order valence-corrected chi connectivity index (χ2v) is 4.64. The van der Waals surface area contributed by atoms with Gasteiger partial charge in [0.1, 0.15) is 17.5 Å². The Morgan fingerprint density at radius 2 is 2.31 bits per heavy atom. The van der Waals surface area contributed by atoms with Crippen LogP contribution >= 0.6 is 0 Å². The van der Waals surface area contributed by atoms with E-state index < -0.39 is 40.1 Å². The second kappa shape index (κ2) is 2.52. The molecule has 0 unspecified atom stereocenters. The lowest BCUT2D eigenvalue weighted by Crippen LogP contribution is -2.69. The lowest BCUT2D eigenvalue weighted by Gasteiger charge is -2.40. The van der Waals surface area contributed by atoms with Crippen molar-refractivity contribution < 1.29 is 18.9 Å². The average molecular weight is 204 g/mol. The maximum absolute atomic E-state index is 11.3. The first-order valence-corrected chi connectivity index (χ1v) is 5.10. The van der Waals surface area contributed by atoms with Crippen molar-refractivity contribution in [3.63, 3.8) is 0 Å². The van der Waals surface area contributed by atoms with Gasteiger partial charge in [-0.25, -0.2) is 4.79 Å². The Hall–Kier alpha value is -0.950. The lowest BCUT2D eigenvalue weighted by molar-refractivity contribution is -0.157. The maximum atomic E-state index is 11.3. The molecule has 2 aliphatic rings. The highest BCUT2D eigenvalue weighted by Gasteiger charge is 2.58. The van der Waals surface area contributed by atoms with Gasteiger partial charge in [0.05, 0.1) is 5.75 Å². The highest BCUT2D eigenvalue weighted by atomic mass is 32.2. The minimum Gasteiger partial charge on any atom is -0.480 e. The van der Waals surface area contributed by atoms with E-state index >= 15 is 0 Å². The normalized spacial score (nSPS) is 42.8. The van der Waals surface area contributed by atoms with Crippen molar-refractivity contribution in [2.24, 2.45) is 5.73 Å². The van der Waals surface area contributed by atoms with E-state index in [1.54, 1.807) is 0 Å². The van der Waals surface area contributed by atoms with Crippen molar-refractivity contribution in [1.82, 2.24) is 4.90 Å². The Labute approximate surface area is 76.1 Å². The van der Waals surface area contributed by atoms with Crippen molar-refractivity contribution >= 4 is 22.7 Å². The third kappa shape index (κ3) is 0.939. The zero-order valence-corrected chi connectivity index (χ0v) is 7.36. The number of carboxylic acid groups (broad SMARTS) is 1. The number of carbonyl (C=O) groups excluding carboxylic acids is 1. The van der Waals surface area contributed by atoms with Crippen molar-refractivity contribution in [3.8, 4) is 0 Å².